The molecule has 1 aromatic rings. The molecule has 1 fully saturated rings. The van der Waals surface area contributed by atoms with E-state index >= 15 is 0 Å². The molecule has 0 bridgehead atoms. The molecule has 4 heteroatoms. The van der Waals surface area contributed by atoms with Crippen LogP contribution in [0.5, 0.6) is 0 Å². The van der Waals surface area contributed by atoms with E-state index in [1.807, 2.05) is 6.07 Å². The van der Waals surface area contributed by atoms with Crippen LogP contribution >= 0.6 is 0 Å². The highest BCUT2D eigenvalue weighted by molar-refractivity contribution is 7.88. The van der Waals surface area contributed by atoms with Gasteiger partial charge in [-0.2, -0.15) is 0 Å². The molecule has 0 amide bonds. The van der Waals surface area contributed by atoms with Crippen molar-refractivity contribution in [1.29, 1.82) is 0 Å². The lowest BCUT2D eigenvalue weighted by atomic mass is 9.75. The van der Waals surface area contributed by atoms with Crippen molar-refractivity contribution in [1.82, 2.24) is 4.72 Å². The third-order valence-electron chi connectivity index (χ3n) is 3.74. The summed E-state index contributed by atoms with van der Waals surface area (Å²) in [4.78, 5) is 0. The standard InChI is InChI=1S/C14H21NO2S/c1-18(16,17)15-11-13-9-5-6-10-14(13)12-7-3-2-4-8-12/h2-4,7-8,13-15H,5-6,9-11H2,1H3. The number of benzene rings is 1. The van der Waals surface area contributed by atoms with E-state index in [0.717, 1.165) is 6.42 Å². The van der Waals surface area contributed by atoms with E-state index in [4.69, 9.17) is 0 Å². The molecule has 0 aromatic heterocycles. The molecule has 1 aliphatic rings. The molecule has 1 N–H and O–H groups in total. The minimum Gasteiger partial charge on any atom is -0.215 e. The fourth-order valence-electron chi connectivity index (χ4n) is 2.85. The molecule has 18 heavy (non-hydrogen) atoms. The van der Waals surface area contributed by atoms with E-state index in [2.05, 4.69) is 29.0 Å². The van der Waals surface area contributed by atoms with E-state index in [9.17, 15) is 8.42 Å². The average molecular weight is 267 g/mol. The van der Waals surface area contributed by atoms with Crippen molar-refractivity contribution < 1.29 is 8.42 Å². The van der Waals surface area contributed by atoms with Crippen molar-refractivity contribution in [2.24, 2.45) is 5.92 Å². The minimum atomic E-state index is -3.08. The van der Waals surface area contributed by atoms with Crippen LogP contribution in [0.1, 0.15) is 37.2 Å². The Labute approximate surface area is 110 Å². The molecule has 0 heterocycles. The van der Waals surface area contributed by atoms with E-state index in [0.29, 0.717) is 18.4 Å². The van der Waals surface area contributed by atoms with Crippen LogP contribution in [-0.4, -0.2) is 21.2 Å². The Hall–Kier alpha value is -0.870. The summed E-state index contributed by atoms with van der Waals surface area (Å²) in [7, 11) is -3.08. The second-order valence-corrected chi connectivity index (χ2v) is 7.02. The highest BCUT2D eigenvalue weighted by atomic mass is 32.2. The smallest absolute Gasteiger partial charge is 0.208 e. The van der Waals surface area contributed by atoms with Crippen molar-refractivity contribution in [2.75, 3.05) is 12.8 Å². The van der Waals surface area contributed by atoms with Gasteiger partial charge in [-0.15, -0.1) is 0 Å². The molecular weight excluding hydrogens is 246 g/mol. The molecule has 1 aliphatic carbocycles. The minimum absolute atomic E-state index is 0.427. The Kier molecular flexibility index (Phi) is 4.40. The normalized spacial score (nSPS) is 24.9. The molecule has 3 nitrogen and oxygen atoms in total. The number of sulfonamides is 1. The van der Waals surface area contributed by atoms with Crippen molar-refractivity contribution in [3.8, 4) is 0 Å². The number of rotatable bonds is 4. The maximum atomic E-state index is 11.2. The van der Waals surface area contributed by atoms with Crippen LogP contribution in [0.2, 0.25) is 0 Å². The second kappa shape index (κ2) is 5.85. The summed E-state index contributed by atoms with van der Waals surface area (Å²) in [6, 6.07) is 10.5. The molecule has 2 rings (SSSR count). The molecular formula is C14H21NO2S. The van der Waals surface area contributed by atoms with Gasteiger partial charge in [0.25, 0.3) is 0 Å². The summed E-state index contributed by atoms with van der Waals surface area (Å²) in [6.07, 6.45) is 5.96. The Morgan fingerprint density at radius 1 is 1.17 bits per heavy atom. The van der Waals surface area contributed by atoms with Crippen LogP contribution in [0, 0.1) is 5.92 Å². The predicted octanol–water partition coefficient (Wildman–Crippen LogP) is 2.51. The van der Waals surface area contributed by atoms with Crippen LogP contribution in [0.4, 0.5) is 0 Å². The van der Waals surface area contributed by atoms with Crippen LogP contribution in [0.3, 0.4) is 0 Å². The Balaban J connectivity index is 2.07. The molecule has 0 aliphatic heterocycles. The van der Waals surface area contributed by atoms with Gasteiger partial charge in [-0.25, -0.2) is 13.1 Å². The third kappa shape index (κ3) is 3.82. The average Bonchev–Trinajstić information content (AvgIpc) is 2.37. The predicted molar refractivity (Wildman–Crippen MR) is 74.0 cm³/mol. The molecule has 2 atom stereocenters. The van der Waals surface area contributed by atoms with E-state index in [1.165, 1.54) is 31.1 Å². The molecule has 1 saturated carbocycles. The van der Waals surface area contributed by atoms with Gasteiger partial charge in [0.2, 0.25) is 10.0 Å². The van der Waals surface area contributed by atoms with Gasteiger partial charge in [-0.1, -0.05) is 43.2 Å². The highest BCUT2D eigenvalue weighted by Gasteiger charge is 2.26. The first kappa shape index (κ1) is 13.6. The topological polar surface area (TPSA) is 46.2 Å². The Bertz CT molecular complexity index is 470. The first-order chi connectivity index (χ1) is 8.56. The lowest BCUT2D eigenvalue weighted by Gasteiger charge is -2.32. The van der Waals surface area contributed by atoms with Crippen molar-refractivity contribution in [3.05, 3.63) is 35.9 Å². The zero-order valence-corrected chi connectivity index (χ0v) is 11.6. The fraction of sp³-hybridized carbons (Fsp3) is 0.571. The van der Waals surface area contributed by atoms with E-state index < -0.39 is 10.0 Å². The molecule has 100 valence electrons. The van der Waals surface area contributed by atoms with Gasteiger partial charge in [0, 0.05) is 6.54 Å². The summed E-state index contributed by atoms with van der Waals surface area (Å²) in [5.74, 6) is 0.921. The van der Waals surface area contributed by atoms with Crippen LogP contribution in [0.15, 0.2) is 30.3 Å². The van der Waals surface area contributed by atoms with Gasteiger partial charge in [-0.05, 0) is 30.2 Å². The highest BCUT2D eigenvalue weighted by Crippen LogP contribution is 2.37. The largest absolute Gasteiger partial charge is 0.215 e. The first-order valence-electron chi connectivity index (χ1n) is 6.56. The van der Waals surface area contributed by atoms with Crippen molar-refractivity contribution in [3.63, 3.8) is 0 Å². The first-order valence-corrected chi connectivity index (χ1v) is 8.45. The van der Waals surface area contributed by atoms with Crippen LogP contribution in [-0.2, 0) is 10.0 Å². The number of hydrogen-bond donors (Lipinski definition) is 1. The lowest BCUT2D eigenvalue weighted by Crippen LogP contribution is -2.32. The number of nitrogens with one attached hydrogen (secondary N) is 1. The zero-order valence-electron chi connectivity index (χ0n) is 10.8. The fourth-order valence-corrected chi connectivity index (χ4v) is 3.37. The van der Waals surface area contributed by atoms with Gasteiger partial charge < -0.3 is 0 Å². The van der Waals surface area contributed by atoms with Gasteiger partial charge in [0.15, 0.2) is 0 Å². The molecule has 2 unspecified atom stereocenters. The second-order valence-electron chi connectivity index (χ2n) is 5.18. The molecule has 0 spiro atoms. The van der Waals surface area contributed by atoms with E-state index in [-0.39, 0.29) is 0 Å². The quantitative estimate of drug-likeness (QED) is 0.911. The van der Waals surface area contributed by atoms with E-state index in [1.54, 1.807) is 0 Å². The van der Waals surface area contributed by atoms with Gasteiger partial charge in [0.1, 0.15) is 0 Å². The summed E-state index contributed by atoms with van der Waals surface area (Å²) in [5.41, 5.74) is 1.34. The summed E-state index contributed by atoms with van der Waals surface area (Å²) in [6.45, 7) is 0.568. The molecule has 0 radical (unpaired) electrons. The Morgan fingerprint density at radius 2 is 1.83 bits per heavy atom. The zero-order chi connectivity index (χ0) is 13.0. The van der Waals surface area contributed by atoms with Gasteiger partial charge in [-0.3, -0.25) is 0 Å². The maximum Gasteiger partial charge on any atom is 0.208 e. The summed E-state index contributed by atoms with van der Waals surface area (Å²) >= 11 is 0. The van der Waals surface area contributed by atoms with Crippen molar-refractivity contribution >= 4 is 10.0 Å². The van der Waals surface area contributed by atoms with Gasteiger partial charge in [0.05, 0.1) is 6.26 Å². The van der Waals surface area contributed by atoms with Crippen LogP contribution in [0.25, 0.3) is 0 Å². The van der Waals surface area contributed by atoms with Crippen LogP contribution < -0.4 is 4.72 Å². The van der Waals surface area contributed by atoms with Crippen molar-refractivity contribution in [2.45, 2.75) is 31.6 Å². The SMILES string of the molecule is CS(=O)(=O)NCC1CCCCC1c1ccccc1. The lowest BCUT2D eigenvalue weighted by molar-refractivity contribution is 0.307. The molecule has 1 aromatic carbocycles. The summed E-state index contributed by atoms with van der Waals surface area (Å²) in [5, 5.41) is 0. The monoisotopic (exact) mass is 267 g/mol. The maximum absolute atomic E-state index is 11.2. The molecule has 0 saturated heterocycles. The summed E-state index contributed by atoms with van der Waals surface area (Å²) < 4.78 is 25.1. The number of hydrogen-bond acceptors (Lipinski definition) is 2. The Morgan fingerprint density at radius 3 is 2.50 bits per heavy atom. The third-order valence-corrected chi connectivity index (χ3v) is 4.44. The van der Waals surface area contributed by atoms with Gasteiger partial charge >= 0.3 is 0 Å².